The predicted octanol–water partition coefficient (Wildman–Crippen LogP) is 0.905. The van der Waals surface area contributed by atoms with Gasteiger partial charge in [0.2, 0.25) is 0 Å². The summed E-state index contributed by atoms with van der Waals surface area (Å²) in [5, 5.41) is 20.2. The van der Waals surface area contributed by atoms with E-state index in [4.69, 9.17) is 0 Å². The second-order valence-electron chi connectivity index (χ2n) is 5.01. The smallest absolute Gasteiger partial charge is 0.155 e. The molecule has 4 heterocycles. The van der Waals surface area contributed by atoms with Gasteiger partial charge in [0.05, 0.1) is 36.2 Å². The van der Waals surface area contributed by atoms with Crippen molar-refractivity contribution in [1.82, 2.24) is 29.9 Å². The third-order valence-electron chi connectivity index (χ3n) is 3.76. The Kier molecular flexibility index (Phi) is 2.59. The minimum absolute atomic E-state index is 0.190. The maximum absolute atomic E-state index is 10.5. The molecule has 6 N–H and O–H groups in total. The van der Waals surface area contributed by atoms with Crippen molar-refractivity contribution in [1.29, 1.82) is 0 Å². The van der Waals surface area contributed by atoms with E-state index in [-0.39, 0.29) is 6.61 Å². The molecule has 0 aliphatic rings. The van der Waals surface area contributed by atoms with Gasteiger partial charge in [-0.05, 0) is 12.1 Å². The van der Waals surface area contributed by atoms with Gasteiger partial charge in [-0.2, -0.15) is 0 Å². The summed E-state index contributed by atoms with van der Waals surface area (Å²) < 4.78 is 0. The highest BCUT2D eigenvalue weighted by Crippen LogP contribution is 2.31. The molecule has 8 nitrogen and oxygen atoms in total. The first kappa shape index (κ1) is 12.2. The number of H-pyrrole nitrogens is 4. The lowest BCUT2D eigenvalue weighted by atomic mass is 9.97. The van der Waals surface area contributed by atoms with Crippen LogP contribution in [0.15, 0.2) is 24.8 Å². The van der Waals surface area contributed by atoms with Gasteiger partial charge in [-0.3, -0.25) is 0 Å². The topological polar surface area (TPSA) is 129 Å². The van der Waals surface area contributed by atoms with Gasteiger partial charge in [-0.25, -0.2) is 9.97 Å². The van der Waals surface area contributed by atoms with E-state index < -0.39 is 12.0 Å². The summed E-state index contributed by atoms with van der Waals surface area (Å²) in [4.78, 5) is 20.3. The van der Waals surface area contributed by atoms with Crippen molar-refractivity contribution in [3.05, 3.63) is 36.2 Å². The van der Waals surface area contributed by atoms with Gasteiger partial charge in [-0.1, -0.05) is 0 Å². The number of aromatic nitrogens is 6. The van der Waals surface area contributed by atoms with Crippen molar-refractivity contribution in [3.8, 4) is 0 Å². The number of fused-ring (bicyclic) bond motifs is 2. The van der Waals surface area contributed by atoms with E-state index in [1.54, 1.807) is 18.7 Å². The number of imidazole rings is 2. The van der Waals surface area contributed by atoms with Gasteiger partial charge in [0.1, 0.15) is 6.10 Å². The number of nitrogens with one attached hydrogen (secondary N) is 4. The maximum atomic E-state index is 10.5. The lowest BCUT2D eigenvalue weighted by Crippen LogP contribution is -2.15. The van der Waals surface area contributed by atoms with E-state index in [2.05, 4.69) is 29.9 Å². The van der Waals surface area contributed by atoms with Crippen LogP contribution in [0, 0.1) is 0 Å². The standard InChI is InChI=1S/C13H14N6O2/c20-3-6(7-1-9-12(18-7)16-4-14-9)11(21)8-2-10-13(19-8)17-5-15-10/h1-2,4-6,11,18-21H,3H2,(H,14,16)(H,15,17). The lowest BCUT2D eigenvalue weighted by Gasteiger charge is -2.18. The van der Waals surface area contributed by atoms with E-state index in [1.165, 1.54) is 0 Å². The molecule has 2 unspecified atom stereocenters. The minimum Gasteiger partial charge on any atom is -0.396 e. The lowest BCUT2D eigenvalue weighted by molar-refractivity contribution is 0.102. The SMILES string of the molecule is OCC(c1cc2[nH]cnc2[nH]1)C(O)c1cc2[nH]cnc2[nH]1. The number of hydrogen-bond donors (Lipinski definition) is 6. The van der Waals surface area contributed by atoms with Gasteiger partial charge < -0.3 is 30.1 Å². The van der Waals surface area contributed by atoms with Gasteiger partial charge in [0.25, 0.3) is 0 Å². The van der Waals surface area contributed by atoms with Crippen LogP contribution < -0.4 is 0 Å². The maximum Gasteiger partial charge on any atom is 0.155 e. The van der Waals surface area contributed by atoms with Gasteiger partial charge in [-0.15, -0.1) is 0 Å². The van der Waals surface area contributed by atoms with Crippen molar-refractivity contribution >= 4 is 22.3 Å². The molecule has 8 heteroatoms. The van der Waals surface area contributed by atoms with Crippen molar-refractivity contribution in [3.63, 3.8) is 0 Å². The Morgan fingerprint density at radius 3 is 2.10 bits per heavy atom. The molecule has 2 atom stereocenters. The van der Waals surface area contributed by atoms with Crippen molar-refractivity contribution < 1.29 is 10.2 Å². The number of hydrogen-bond acceptors (Lipinski definition) is 4. The largest absolute Gasteiger partial charge is 0.396 e. The number of nitrogens with zero attached hydrogens (tertiary/aromatic N) is 2. The first-order valence-corrected chi connectivity index (χ1v) is 6.59. The Hall–Kier alpha value is -2.58. The van der Waals surface area contributed by atoms with E-state index >= 15 is 0 Å². The molecular formula is C13H14N6O2. The summed E-state index contributed by atoms with van der Waals surface area (Å²) in [6.07, 6.45) is 2.30. The quantitative estimate of drug-likeness (QED) is 0.333. The second kappa shape index (κ2) is 4.47. The highest BCUT2D eigenvalue weighted by molar-refractivity contribution is 5.73. The summed E-state index contributed by atoms with van der Waals surface area (Å²) in [5.41, 5.74) is 4.38. The molecule has 0 bridgehead atoms. The van der Waals surface area contributed by atoms with E-state index in [9.17, 15) is 10.2 Å². The molecule has 0 saturated carbocycles. The van der Waals surface area contributed by atoms with Crippen LogP contribution in [0.25, 0.3) is 22.3 Å². The molecule has 0 aliphatic heterocycles. The van der Waals surface area contributed by atoms with Crippen LogP contribution in [-0.2, 0) is 0 Å². The molecule has 0 amide bonds. The summed E-state index contributed by atoms with van der Waals surface area (Å²) >= 11 is 0. The monoisotopic (exact) mass is 286 g/mol. The van der Waals surface area contributed by atoms with E-state index in [0.717, 1.165) is 16.7 Å². The van der Waals surface area contributed by atoms with Crippen molar-refractivity contribution in [2.75, 3.05) is 6.61 Å². The minimum atomic E-state index is -0.875. The average Bonchev–Trinajstić information content (AvgIpc) is 3.17. The molecular weight excluding hydrogens is 272 g/mol. The van der Waals surface area contributed by atoms with Crippen LogP contribution in [0.4, 0.5) is 0 Å². The molecule has 4 aromatic heterocycles. The summed E-state index contributed by atoms with van der Waals surface area (Å²) in [6, 6.07) is 3.64. The van der Waals surface area contributed by atoms with Crippen molar-refractivity contribution in [2.45, 2.75) is 12.0 Å². The normalized spacial score (nSPS) is 15.0. The summed E-state index contributed by atoms with van der Waals surface area (Å²) in [5.74, 6) is -0.477. The molecule has 0 spiro atoms. The summed E-state index contributed by atoms with van der Waals surface area (Å²) in [7, 11) is 0. The average molecular weight is 286 g/mol. The van der Waals surface area contributed by atoms with E-state index in [1.807, 2.05) is 6.07 Å². The molecule has 4 aromatic rings. The molecule has 4 rings (SSSR count). The summed E-state index contributed by atoms with van der Waals surface area (Å²) in [6.45, 7) is -0.190. The highest BCUT2D eigenvalue weighted by atomic mass is 16.3. The molecule has 0 aromatic carbocycles. The van der Waals surface area contributed by atoms with Crippen molar-refractivity contribution in [2.24, 2.45) is 0 Å². The Balaban J connectivity index is 1.70. The first-order chi connectivity index (χ1) is 10.3. The fourth-order valence-corrected chi connectivity index (χ4v) is 2.63. The Morgan fingerprint density at radius 1 is 0.952 bits per heavy atom. The Bertz CT molecular complexity index is 828. The van der Waals surface area contributed by atoms with Crippen LogP contribution in [-0.4, -0.2) is 46.7 Å². The van der Waals surface area contributed by atoms with Crippen LogP contribution in [0.3, 0.4) is 0 Å². The van der Waals surface area contributed by atoms with Crippen LogP contribution in [0.1, 0.15) is 23.4 Å². The number of aromatic amines is 4. The third kappa shape index (κ3) is 1.84. The van der Waals surface area contributed by atoms with Crippen LogP contribution in [0.5, 0.6) is 0 Å². The number of aliphatic hydroxyl groups excluding tert-OH is 2. The zero-order chi connectivity index (χ0) is 14.4. The molecule has 108 valence electrons. The predicted molar refractivity (Wildman–Crippen MR) is 75.7 cm³/mol. The van der Waals surface area contributed by atoms with Crippen LogP contribution >= 0.6 is 0 Å². The fraction of sp³-hybridized carbons (Fsp3) is 0.231. The van der Waals surface area contributed by atoms with Crippen LogP contribution in [0.2, 0.25) is 0 Å². The highest BCUT2D eigenvalue weighted by Gasteiger charge is 2.26. The van der Waals surface area contributed by atoms with Gasteiger partial charge in [0, 0.05) is 11.4 Å². The number of aliphatic hydroxyl groups is 2. The fourth-order valence-electron chi connectivity index (χ4n) is 2.63. The second-order valence-corrected chi connectivity index (χ2v) is 5.01. The third-order valence-corrected chi connectivity index (χ3v) is 3.76. The van der Waals surface area contributed by atoms with Gasteiger partial charge >= 0.3 is 0 Å². The Morgan fingerprint density at radius 2 is 1.52 bits per heavy atom. The molecule has 0 aliphatic carbocycles. The zero-order valence-electron chi connectivity index (χ0n) is 11.0. The molecule has 0 radical (unpaired) electrons. The van der Waals surface area contributed by atoms with Gasteiger partial charge in [0.15, 0.2) is 11.3 Å². The number of rotatable bonds is 4. The first-order valence-electron chi connectivity index (χ1n) is 6.59. The zero-order valence-corrected chi connectivity index (χ0v) is 11.0. The molecule has 0 saturated heterocycles. The molecule has 21 heavy (non-hydrogen) atoms. The molecule has 0 fully saturated rings. The Labute approximate surface area is 118 Å². The van der Waals surface area contributed by atoms with E-state index in [0.29, 0.717) is 17.0 Å².